The quantitative estimate of drug-likeness (QED) is 0.674. The minimum Gasteiger partial charge on any atom is -0.367 e. The van der Waals surface area contributed by atoms with Gasteiger partial charge in [0.15, 0.2) is 10.9 Å². The summed E-state index contributed by atoms with van der Waals surface area (Å²) in [5.74, 6) is 0.200. The van der Waals surface area contributed by atoms with E-state index in [0.29, 0.717) is 0 Å². The SMILES string of the molecule is O=c1cc[nH]cc1-c1nnc(-c2c[nH]ccc2=O)nn1. The molecule has 0 unspecified atom stereocenters. The molecule has 0 amide bonds. The molecule has 0 saturated carbocycles. The fourth-order valence-corrected chi connectivity index (χ4v) is 1.63. The standard InChI is InChI=1S/C12H8N6O2/c19-9-1-3-13-5-7(9)11-15-17-12(18-16-11)8-6-14-4-2-10(8)20/h1-6H,(H,13,19)(H,14,20). The highest BCUT2D eigenvalue weighted by Gasteiger charge is 2.10. The summed E-state index contributed by atoms with van der Waals surface area (Å²) in [7, 11) is 0. The van der Waals surface area contributed by atoms with Crippen LogP contribution in [-0.2, 0) is 0 Å². The molecule has 3 heterocycles. The molecule has 0 spiro atoms. The van der Waals surface area contributed by atoms with Crippen LogP contribution in [-0.4, -0.2) is 30.4 Å². The summed E-state index contributed by atoms with van der Waals surface area (Å²) in [5.41, 5.74) is 0.0531. The van der Waals surface area contributed by atoms with Gasteiger partial charge < -0.3 is 9.97 Å². The van der Waals surface area contributed by atoms with Crippen molar-refractivity contribution in [3.8, 4) is 22.8 Å². The lowest BCUT2D eigenvalue weighted by atomic mass is 10.2. The van der Waals surface area contributed by atoms with E-state index in [-0.39, 0.29) is 33.6 Å². The van der Waals surface area contributed by atoms with E-state index in [9.17, 15) is 9.59 Å². The summed E-state index contributed by atoms with van der Waals surface area (Å²) >= 11 is 0. The van der Waals surface area contributed by atoms with Gasteiger partial charge in [-0.15, -0.1) is 20.4 Å². The molecule has 20 heavy (non-hydrogen) atoms. The lowest BCUT2D eigenvalue weighted by Gasteiger charge is -1.99. The molecule has 3 aromatic heterocycles. The highest BCUT2D eigenvalue weighted by Crippen LogP contribution is 2.08. The second-order valence-corrected chi connectivity index (χ2v) is 3.89. The fraction of sp³-hybridized carbons (Fsp3) is 0. The number of pyridine rings is 2. The van der Waals surface area contributed by atoms with E-state index in [1.807, 2.05) is 0 Å². The van der Waals surface area contributed by atoms with E-state index in [0.717, 1.165) is 0 Å². The van der Waals surface area contributed by atoms with Crippen molar-refractivity contribution >= 4 is 0 Å². The van der Waals surface area contributed by atoms with Gasteiger partial charge in [0, 0.05) is 36.9 Å². The largest absolute Gasteiger partial charge is 0.367 e. The first-order valence-corrected chi connectivity index (χ1v) is 5.68. The molecular weight excluding hydrogens is 260 g/mol. The Morgan fingerprint density at radius 3 is 1.45 bits per heavy atom. The van der Waals surface area contributed by atoms with Crippen molar-refractivity contribution in [2.75, 3.05) is 0 Å². The van der Waals surface area contributed by atoms with Crippen LogP contribution in [0.3, 0.4) is 0 Å². The zero-order chi connectivity index (χ0) is 13.9. The normalized spacial score (nSPS) is 10.4. The highest BCUT2D eigenvalue weighted by atomic mass is 16.1. The summed E-state index contributed by atoms with van der Waals surface area (Å²) in [4.78, 5) is 28.8. The van der Waals surface area contributed by atoms with Crippen LogP contribution in [0.2, 0.25) is 0 Å². The number of hydrogen-bond acceptors (Lipinski definition) is 6. The van der Waals surface area contributed by atoms with Crippen molar-refractivity contribution in [2.45, 2.75) is 0 Å². The van der Waals surface area contributed by atoms with Gasteiger partial charge in [0.2, 0.25) is 11.6 Å². The monoisotopic (exact) mass is 268 g/mol. The third-order valence-corrected chi connectivity index (χ3v) is 2.61. The van der Waals surface area contributed by atoms with Crippen LogP contribution in [0.1, 0.15) is 0 Å². The number of rotatable bonds is 2. The van der Waals surface area contributed by atoms with Crippen LogP contribution in [0.15, 0.2) is 46.5 Å². The molecule has 0 atom stereocenters. The molecule has 0 aromatic carbocycles. The van der Waals surface area contributed by atoms with Crippen molar-refractivity contribution < 1.29 is 0 Å². The van der Waals surface area contributed by atoms with Gasteiger partial charge in [0.05, 0.1) is 11.1 Å². The van der Waals surface area contributed by atoms with Crippen molar-refractivity contribution in [3.63, 3.8) is 0 Å². The average molecular weight is 268 g/mol. The number of aromatic nitrogens is 6. The average Bonchev–Trinajstić information content (AvgIpc) is 2.49. The van der Waals surface area contributed by atoms with Crippen molar-refractivity contribution in [1.82, 2.24) is 30.4 Å². The molecule has 2 N–H and O–H groups in total. The summed E-state index contributed by atoms with van der Waals surface area (Å²) in [6.07, 6.45) is 5.95. The molecule has 0 radical (unpaired) electrons. The highest BCUT2D eigenvalue weighted by molar-refractivity contribution is 5.54. The first kappa shape index (κ1) is 11.9. The van der Waals surface area contributed by atoms with Crippen LogP contribution in [0, 0.1) is 0 Å². The van der Waals surface area contributed by atoms with Crippen LogP contribution in [0.25, 0.3) is 22.8 Å². The van der Waals surface area contributed by atoms with Gasteiger partial charge in [-0.1, -0.05) is 0 Å². The molecule has 0 saturated heterocycles. The zero-order valence-corrected chi connectivity index (χ0v) is 10.1. The Bertz CT molecular complexity index is 780. The summed E-state index contributed by atoms with van der Waals surface area (Å²) in [6.45, 7) is 0. The van der Waals surface area contributed by atoms with Gasteiger partial charge in [-0.2, -0.15) is 0 Å². The van der Waals surface area contributed by atoms with Crippen LogP contribution >= 0.6 is 0 Å². The maximum atomic E-state index is 11.6. The molecule has 0 aliphatic rings. The van der Waals surface area contributed by atoms with E-state index >= 15 is 0 Å². The van der Waals surface area contributed by atoms with Gasteiger partial charge in [-0.3, -0.25) is 9.59 Å². The van der Waals surface area contributed by atoms with Crippen molar-refractivity contribution in [2.24, 2.45) is 0 Å². The molecule has 3 aromatic rings. The van der Waals surface area contributed by atoms with E-state index in [1.54, 1.807) is 0 Å². The lowest BCUT2D eigenvalue weighted by molar-refractivity contribution is 0.872. The third-order valence-electron chi connectivity index (χ3n) is 2.61. The number of H-pyrrole nitrogens is 2. The molecule has 98 valence electrons. The number of aromatic amines is 2. The van der Waals surface area contributed by atoms with E-state index in [2.05, 4.69) is 30.4 Å². The van der Waals surface area contributed by atoms with E-state index in [1.165, 1.54) is 36.9 Å². The Hall–Kier alpha value is -3.16. The Balaban J connectivity index is 2.05. The number of hydrogen-bond donors (Lipinski definition) is 2. The Kier molecular flexibility index (Phi) is 2.88. The van der Waals surface area contributed by atoms with Gasteiger partial charge in [-0.05, 0) is 0 Å². The van der Waals surface area contributed by atoms with Gasteiger partial charge >= 0.3 is 0 Å². The van der Waals surface area contributed by atoms with Crippen LogP contribution < -0.4 is 10.9 Å². The second-order valence-electron chi connectivity index (χ2n) is 3.89. The topological polar surface area (TPSA) is 117 Å². The smallest absolute Gasteiger partial charge is 0.209 e. The summed E-state index contributed by atoms with van der Waals surface area (Å²) < 4.78 is 0. The number of nitrogens with one attached hydrogen (secondary N) is 2. The molecule has 0 aliphatic heterocycles. The van der Waals surface area contributed by atoms with Gasteiger partial charge in [0.25, 0.3) is 0 Å². The van der Waals surface area contributed by atoms with Crippen LogP contribution in [0.4, 0.5) is 0 Å². The van der Waals surface area contributed by atoms with E-state index < -0.39 is 0 Å². The summed E-state index contributed by atoms with van der Waals surface area (Å²) in [5, 5.41) is 15.3. The van der Waals surface area contributed by atoms with Crippen molar-refractivity contribution in [1.29, 1.82) is 0 Å². The molecule has 0 fully saturated rings. The first-order chi connectivity index (χ1) is 9.75. The molecule has 3 rings (SSSR count). The zero-order valence-electron chi connectivity index (χ0n) is 10.1. The van der Waals surface area contributed by atoms with Gasteiger partial charge in [0.1, 0.15) is 0 Å². The van der Waals surface area contributed by atoms with Crippen LogP contribution in [0.5, 0.6) is 0 Å². The molecule has 8 heteroatoms. The fourth-order valence-electron chi connectivity index (χ4n) is 1.63. The molecule has 0 aliphatic carbocycles. The minimum absolute atomic E-state index is 0.1000. The molecule has 0 bridgehead atoms. The predicted octanol–water partition coefficient (Wildman–Crippen LogP) is -0.0228. The molecule has 8 nitrogen and oxygen atoms in total. The Labute approximate surface area is 111 Å². The third kappa shape index (κ3) is 2.09. The molecular formula is C12H8N6O2. The predicted molar refractivity (Wildman–Crippen MR) is 69.7 cm³/mol. The number of nitrogens with zero attached hydrogens (tertiary/aromatic N) is 4. The summed E-state index contributed by atoms with van der Waals surface area (Å²) in [6, 6.07) is 2.71. The minimum atomic E-state index is -0.238. The second kappa shape index (κ2) is 4.84. The van der Waals surface area contributed by atoms with E-state index in [4.69, 9.17) is 0 Å². The Morgan fingerprint density at radius 2 is 1.10 bits per heavy atom. The Morgan fingerprint density at radius 1 is 0.700 bits per heavy atom. The first-order valence-electron chi connectivity index (χ1n) is 5.68. The maximum Gasteiger partial charge on any atom is 0.209 e. The maximum absolute atomic E-state index is 11.6. The lowest BCUT2D eigenvalue weighted by Crippen LogP contribution is -2.10. The van der Waals surface area contributed by atoms with Crippen molar-refractivity contribution in [3.05, 3.63) is 57.4 Å². The van der Waals surface area contributed by atoms with Gasteiger partial charge in [-0.25, -0.2) is 0 Å².